The van der Waals surface area contributed by atoms with Crippen LogP contribution in [0.3, 0.4) is 0 Å². The number of allylic oxidation sites excluding steroid dienone is 15. The third-order valence-electron chi connectivity index (χ3n) is 8.65. The highest BCUT2D eigenvalue weighted by Gasteiger charge is 2.17. The van der Waals surface area contributed by atoms with E-state index in [1.807, 2.05) is 12.2 Å². The Morgan fingerprint density at radius 3 is 1.43 bits per heavy atom. The molecule has 0 bridgehead atoms. The van der Waals surface area contributed by atoms with E-state index >= 15 is 0 Å². The predicted octanol–water partition coefficient (Wildman–Crippen LogP) is 14.3. The van der Waals surface area contributed by atoms with Gasteiger partial charge in [0.1, 0.15) is 6.61 Å². The van der Waals surface area contributed by atoms with E-state index in [1.54, 1.807) is 0 Å². The van der Waals surface area contributed by atoms with Gasteiger partial charge in [-0.15, -0.1) is 0 Å². The van der Waals surface area contributed by atoms with E-state index in [0.29, 0.717) is 13.0 Å². The fraction of sp³-hybridized carbons (Fsp3) is 0.633. The quantitative estimate of drug-likeness (QED) is 0.0357. The molecule has 0 aromatic rings. The van der Waals surface area contributed by atoms with Crippen molar-refractivity contribution in [1.29, 1.82) is 0 Å². The smallest absolute Gasteiger partial charge is 0.309 e. The molecule has 5 nitrogen and oxygen atoms in total. The molecule has 0 radical (unpaired) electrons. The number of unbranched alkanes of at least 4 members (excludes halogenated alkanes) is 12. The van der Waals surface area contributed by atoms with Gasteiger partial charge in [0, 0.05) is 13.0 Å². The second-order valence-electron chi connectivity index (χ2n) is 13.9. The van der Waals surface area contributed by atoms with E-state index in [4.69, 9.17) is 14.2 Å². The molecule has 1 unspecified atom stereocenters. The standard InChI is InChI=1S/C49H80O5/c1-4-7-10-13-16-19-21-23-25-26-28-31-33-36-39-42-48(50)53-46-47(54-49(51)43-40-37-34-30-18-15-12-9-6-3)45-52-44-41-38-35-32-29-27-24-22-20-17-14-11-8-5-2/h7-8,10-11,16-17,19-20,23-25,27-28,31,36,39,47H,4-6,9,12-15,18,21-22,26,29-30,32-35,37-38,40-46H2,1-3H3/b10-7-,11-8-,19-16-,20-17-,25-23-,27-24-,31-28-,39-36-. The van der Waals surface area contributed by atoms with Crippen molar-refractivity contribution in [3.8, 4) is 0 Å². The summed E-state index contributed by atoms with van der Waals surface area (Å²) in [5, 5.41) is 0. The van der Waals surface area contributed by atoms with Gasteiger partial charge in [-0.05, 0) is 77.0 Å². The SMILES string of the molecule is CC/C=C\C/C=C\C/C=C\C/C=C\C/C=C\CC(=O)OCC(COCCCCCC/C=C\C/C=C\C/C=C\CC)OC(=O)CCCCCCCCCCC. The minimum atomic E-state index is -0.588. The molecule has 0 amide bonds. The molecule has 0 heterocycles. The minimum Gasteiger partial charge on any atom is -0.461 e. The van der Waals surface area contributed by atoms with Gasteiger partial charge in [-0.3, -0.25) is 9.59 Å². The summed E-state index contributed by atoms with van der Waals surface area (Å²) in [6.45, 7) is 7.40. The fourth-order valence-electron chi connectivity index (χ4n) is 5.48. The first kappa shape index (κ1) is 50.8. The largest absolute Gasteiger partial charge is 0.461 e. The van der Waals surface area contributed by atoms with Gasteiger partial charge in [-0.25, -0.2) is 0 Å². The zero-order valence-corrected chi connectivity index (χ0v) is 34.9. The van der Waals surface area contributed by atoms with Gasteiger partial charge in [0.15, 0.2) is 6.10 Å². The van der Waals surface area contributed by atoms with Gasteiger partial charge in [-0.1, -0.05) is 182 Å². The van der Waals surface area contributed by atoms with E-state index in [-0.39, 0.29) is 31.6 Å². The molecule has 5 heteroatoms. The highest BCUT2D eigenvalue weighted by molar-refractivity contribution is 5.71. The Labute approximate surface area is 332 Å². The Morgan fingerprint density at radius 1 is 0.444 bits per heavy atom. The average molecular weight is 749 g/mol. The van der Waals surface area contributed by atoms with Crippen molar-refractivity contribution in [2.75, 3.05) is 19.8 Å². The lowest BCUT2D eigenvalue weighted by atomic mass is 10.1. The molecule has 0 aromatic heterocycles. The molecule has 0 aliphatic rings. The van der Waals surface area contributed by atoms with Crippen LogP contribution in [0.15, 0.2) is 97.2 Å². The Hall–Kier alpha value is -3.18. The summed E-state index contributed by atoms with van der Waals surface area (Å²) in [4.78, 5) is 25.1. The molecule has 0 N–H and O–H groups in total. The molecule has 0 saturated carbocycles. The summed E-state index contributed by atoms with van der Waals surface area (Å²) < 4.78 is 17.1. The monoisotopic (exact) mass is 749 g/mol. The average Bonchev–Trinajstić information content (AvgIpc) is 3.17. The van der Waals surface area contributed by atoms with Gasteiger partial charge >= 0.3 is 11.9 Å². The van der Waals surface area contributed by atoms with E-state index in [2.05, 4.69) is 106 Å². The van der Waals surface area contributed by atoms with Gasteiger partial charge < -0.3 is 14.2 Å². The zero-order chi connectivity index (χ0) is 39.3. The number of carbonyl (C=O) groups excluding carboxylic acids is 2. The summed E-state index contributed by atoms with van der Waals surface area (Å²) in [6.07, 6.45) is 58.6. The Kier molecular flexibility index (Phi) is 41.6. The van der Waals surface area contributed by atoms with Crippen LogP contribution in [0.4, 0.5) is 0 Å². The van der Waals surface area contributed by atoms with Crippen molar-refractivity contribution in [3.63, 3.8) is 0 Å². The second-order valence-corrected chi connectivity index (χ2v) is 13.9. The minimum absolute atomic E-state index is 0.0179. The summed E-state index contributed by atoms with van der Waals surface area (Å²) in [6, 6.07) is 0. The maximum absolute atomic E-state index is 12.6. The summed E-state index contributed by atoms with van der Waals surface area (Å²) in [7, 11) is 0. The highest BCUT2D eigenvalue weighted by atomic mass is 16.6. The van der Waals surface area contributed by atoms with Crippen molar-refractivity contribution >= 4 is 11.9 Å². The molecule has 0 spiro atoms. The fourth-order valence-corrected chi connectivity index (χ4v) is 5.48. The number of carbonyl (C=O) groups is 2. The Bertz CT molecular complexity index is 1070. The lowest BCUT2D eigenvalue weighted by Gasteiger charge is -2.18. The number of hydrogen-bond acceptors (Lipinski definition) is 5. The van der Waals surface area contributed by atoms with Crippen LogP contribution in [0.2, 0.25) is 0 Å². The maximum Gasteiger partial charge on any atom is 0.309 e. The van der Waals surface area contributed by atoms with Gasteiger partial charge in [-0.2, -0.15) is 0 Å². The van der Waals surface area contributed by atoms with Crippen LogP contribution in [-0.2, 0) is 23.8 Å². The first-order valence-electron chi connectivity index (χ1n) is 21.8. The summed E-state index contributed by atoms with van der Waals surface area (Å²) in [5.41, 5.74) is 0. The third-order valence-corrected chi connectivity index (χ3v) is 8.65. The summed E-state index contributed by atoms with van der Waals surface area (Å²) >= 11 is 0. The first-order chi connectivity index (χ1) is 26.6. The van der Waals surface area contributed by atoms with Crippen LogP contribution < -0.4 is 0 Å². The molecule has 0 aromatic carbocycles. The van der Waals surface area contributed by atoms with E-state index in [0.717, 1.165) is 96.3 Å². The second kappa shape index (κ2) is 44.2. The van der Waals surface area contributed by atoms with Crippen LogP contribution in [0.5, 0.6) is 0 Å². The predicted molar refractivity (Wildman–Crippen MR) is 233 cm³/mol. The molecular formula is C49H80O5. The van der Waals surface area contributed by atoms with Crippen molar-refractivity contribution < 1.29 is 23.8 Å². The molecule has 0 saturated heterocycles. The van der Waals surface area contributed by atoms with Crippen molar-refractivity contribution in [2.24, 2.45) is 0 Å². The van der Waals surface area contributed by atoms with Crippen molar-refractivity contribution in [2.45, 2.75) is 181 Å². The lowest BCUT2D eigenvalue weighted by molar-refractivity contribution is -0.162. The molecule has 0 aliphatic heterocycles. The van der Waals surface area contributed by atoms with Crippen LogP contribution >= 0.6 is 0 Å². The van der Waals surface area contributed by atoms with E-state index in [9.17, 15) is 9.59 Å². The molecule has 54 heavy (non-hydrogen) atoms. The molecule has 1 atom stereocenters. The van der Waals surface area contributed by atoms with Crippen LogP contribution in [-0.4, -0.2) is 37.9 Å². The number of rotatable bonds is 38. The maximum atomic E-state index is 12.6. The van der Waals surface area contributed by atoms with E-state index in [1.165, 1.54) is 44.9 Å². The molecule has 0 fully saturated rings. The molecule has 0 rings (SSSR count). The van der Waals surface area contributed by atoms with Crippen LogP contribution in [0.1, 0.15) is 175 Å². The van der Waals surface area contributed by atoms with Gasteiger partial charge in [0.05, 0.1) is 13.0 Å². The summed E-state index contributed by atoms with van der Waals surface area (Å²) in [5.74, 6) is -0.567. The van der Waals surface area contributed by atoms with Crippen LogP contribution in [0, 0.1) is 0 Å². The molecule has 0 aliphatic carbocycles. The lowest BCUT2D eigenvalue weighted by Crippen LogP contribution is -2.30. The van der Waals surface area contributed by atoms with E-state index < -0.39 is 6.10 Å². The first-order valence-corrected chi connectivity index (χ1v) is 21.8. The zero-order valence-electron chi connectivity index (χ0n) is 34.9. The third kappa shape index (κ3) is 41.6. The van der Waals surface area contributed by atoms with Gasteiger partial charge in [0.2, 0.25) is 0 Å². The Balaban J connectivity index is 4.42. The molecule has 306 valence electrons. The molecular weight excluding hydrogens is 669 g/mol. The normalized spacial score (nSPS) is 13.2. The number of esters is 2. The topological polar surface area (TPSA) is 61.8 Å². The van der Waals surface area contributed by atoms with Crippen molar-refractivity contribution in [3.05, 3.63) is 97.2 Å². The Morgan fingerprint density at radius 2 is 0.889 bits per heavy atom. The van der Waals surface area contributed by atoms with Crippen molar-refractivity contribution in [1.82, 2.24) is 0 Å². The van der Waals surface area contributed by atoms with Gasteiger partial charge in [0.25, 0.3) is 0 Å². The number of hydrogen-bond donors (Lipinski definition) is 0. The highest BCUT2D eigenvalue weighted by Crippen LogP contribution is 2.12. The van der Waals surface area contributed by atoms with Crippen LogP contribution in [0.25, 0.3) is 0 Å². The number of ether oxygens (including phenoxy) is 3.